The van der Waals surface area contributed by atoms with Crippen molar-refractivity contribution in [1.82, 2.24) is 0 Å². The summed E-state index contributed by atoms with van der Waals surface area (Å²) in [6, 6.07) is 0. The molecule has 0 aromatic rings. The summed E-state index contributed by atoms with van der Waals surface area (Å²) in [7, 11) is 2.55. The number of esters is 6. The average molecular weight is 607 g/mol. The van der Waals surface area contributed by atoms with E-state index < -0.39 is 97.2 Å². The highest BCUT2D eigenvalue weighted by atomic mass is 16.7. The van der Waals surface area contributed by atoms with E-state index in [2.05, 4.69) is 0 Å². The third kappa shape index (κ3) is 9.61. The highest BCUT2D eigenvalue weighted by Crippen LogP contribution is 2.35. The van der Waals surface area contributed by atoms with Gasteiger partial charge in [0, 0.05) is 55.8 Å². The zero-order valence-corrected chi connectivity index (χ0v) is 24.7. The zero-order valence-electron chi connectivity index (χ0n) is 24.7. The summed E-state index contributed by atoms with van der Waals surface area (Å²) in [5, 5.41) is 0. The molecule has 2 heterocycles. The fourth-order valence-electron chi connectivity index (χ4n) is 4.88. The summed E-state index contributed by atoms with van der Waals surface area (Å²) in [6.45, 7) is 6.79. The molecule has 0 aromatic carbocycles. The van der Waals surface area contributed by atoms with Crippen molar-refractivity contribution in [2.75, 3.05) is 14.2 Å². The molecule has 0 bridgehead atoms. The van der Waals surface area contributed by atoms with Crippen LogP contribution in [0.4, 0.5) is 0 Å². The number of carbonyl (C=O) groups excluding carboxylic acids is 6. The number of hydrogen-bond acceptors (Lipinski definition) is 16. The molecular formula is C26H38O16. The van der Waals surface area contributed by atoms with Crippen LogP contribution in [0.2, 0.25) is 0 Å². The zero-order chi connectivity index (χ0) is 31.7. The first-order chi connectivity index (χ1) is 19.7. The molecule has 0 N–H and O–H groups in total. The second-order valence-electron chi connectivity index (χ2n) is 9.58. The Hall–Kier alpha value is -3.34. The van der Waals surface area contributed by atoms with Gasteiger partial charge in [-0.1, -0.05) is 0 Å². The quantitative estimate of drug-likeness (QED) is 0.227. The van der Waals surface area contributed by atoms with Crippen molar-refractivity contribution < 1.29 is 76.1 Å². The maximum atomic E-state index is 12.1. The number of hydrogen-bond donors (Lipinski definition) is 0. The van der Waals surface area contributed by atoms with Crippen molar-refractivity contribution in [2.45, 2.75) is 116 Å². The Morgan fingerprint density at radius 3 is 0.905 bits per heavy atom. The van der Waals surface area contributed by atoms with Crippen LogP contribution >= 0.6 is 0 Å². The Balaban J connectivity index is 2.45. The van der Waals surface area contributed by atoms with Crippen molar-refractivity contribution in [3.05, 3.63) is 0 Å². The normalized spacial score (nSPS) is 32.6. The van der Waals surface area contributed by atoms with Gasteiger partial charge in [0.2, 0.25) is 0 Å². The molecule has 2 fully saturated rings. The van der Waals surface area contributed by atoms with E-state index >= 15 is 0 Å². The van der Waals surface area contributed by atoms with Gasteiger partial charge in [-0.3, -0.25) is 28.8 Å². The standard InChI is InChI=1S/C26H38O16/c1-11(27)35-19-17(41-25(33-7)23(39-15(5)31)21(19)37-13(3)29)9-10-18-20(36-12(2)28)22(38-14(4)30)24(40-16(6)32)26(34-8)42-18/h17-26H,9-10H2,1-8H3/t17-,18+,19-,20+,21+,22-,23+,24-,25+,26-. The second-order valence-corrected chi connectivity index (χ2v) is 9.58. The van der Waals surface area contributed by atoms with Crippen LogP contribution in [0.5, 0.6) is 0 Å². The van der Waals surface area contributed by atoms with Crippen LogP contribution in [0.3, 0.4) is 0 Å². The SMILES string of the molecule is CO[C@H]1O[C@H](CC[C@@H]2O[C@@H](OC)[C@H](OC(C)=O)[C@H](OC(C)=O)[C@H]2OC(C)=O)[C@@H](OC(C)=O)[C@H](OC(C)=O)[C@@H]1OC(C)=O. The molecule has 0 aromatic heterocycles. The Kier molecular flexibility index (Phi) is 13.1. The Labute approximate surface area is 242 Å². The first-order valence-corrected chi connectivity index (χ1v) is 13.1. The molecule has 42 heavy (non-hydrogen) atoms. The molecule has 0 spiro atoms. The summed E-state index contributed by atoms with van der Waals surface area (Å²) < 4.78 is 55.0. The van der Waals surface area contributed by atoms with Crippen LogP contribution in [0, 0.1) is 0 Å². The van der Waals surface area contributed by atoms with Crippen LogP contribution in [0.15, 0.2) is 0 Å². The van der Waals surface area contributed by atoms with Crippen molar-refractivity contribution >= 4 is 35.8 Å². The van der Waals surface area contributed by atoms with Crippen molar-refractivity contribution in [3.63, 3.8) is 0 Å². The fraction of sp³-hybridized carbons (Fsp3) is 0.769. The maximum absolute atomic E-state index is 12.1. The minimum absolute atomic E-state index is 0.00769. The molecule has 2 rings (SSSR count). The molecule has 2 saturated heterocycles. The third-order valence-corrected chi connectivity index (χ3v) is 6.19. The first kappa shape index (κ1) is 34.9. The molecule has 0 saturated carbocycles. The van der Waals surface area contributed by atoms with Gasteiger partial charge >= 0.3 is 35.8 Å². The molecule has 0 aliphatic carbocycles. The molecule has 0 amide bonds. The molecule has 2 aliphatic rings. The van der Waals surface area contributed by atoms with E-state index in [9.17, 15) is 28.8 Å². The highest BCUT2D eigenvalue weighted by molar-refractivity contribution is 5.69. The van der Waals surface area contributed by atoms with E-state index in [0.717, 1.165) is 41.5 Å². The second kappa shape index (κ2) is 15.8. The van der Waals surface area contributed by atoms with E-state index in [1.54, 1.807) is 0 Å². The van der Waals surface area contributed by atoms with E-state index in [1.165, 1.54) is 14.2 Å². The number of rotatable bonds is 11. The largest absolute Gasteiger partial charge is 0.456 e. The third-order valence-electron chi connectivity index (χ3n) is 6.19. The topological polar surface area (TPSA) is 195 Å². The van der Waals surface area contributed by atoms with E-state index in [1.807, 2.05) is 0 Å². The molecule has 0 radical (unpaired) electrons. The molecule has 0 unspecified atom stereocenters. The van der Waals surface area contributed by atoms with E-state index in [0.29, 0.717) is 0 Å². The lowest BCUT2D eigenvalue weighted by Crippen LogP contribution is -2.63. The highest BCUT2D eigenvalue weighted by Gasteiger charge is 2.54. The molecule has 16 heteroatoms. The van der Waals surface area contributed by atoms with Crippen molar-refractivity contribution in [1.29, 1.82) is 0 Å². The van der Waals surface area contributed by atoms with Crippen LogP contribution in [-0.4, -0.2) is 111 Å². The summed E-state index contributed by atoms with van der Waals surface area (Å²) in [4.78, 5) is 71.7. The van der Waals surface area contributed by atoms with Crippen LogP contribution in [-0.2, 0) is 76.1 Å². The minimum Gasteiger partial charge on any atom is -0.456 e. The monoisotopic (exact) mass is 606 g/mol. The Morgan fingerprint density at radius 2 is 0.667 bits per heavy atom. The summed E-state index contributed by atoms with van der Waals surface area (Å²) in [5.41, 5.74) is 0. The smallest absolute Gasteiger partial charge is 0.303 e. The lowest BCUT2D eigenvalue weighted by molar-refractivity contribution is -0.308. The van der Waals surface area contributed by atoms with Gasteiger partial charge in [0.1, 0.15) is 12.2 Å². The summed E-state index contributed by atoms with van der Waals surface area (Å²) in [5.74, 6) is -4.45. The molecule has 16 nitrogen and oxygen atoms in total. The van der Waals surface area contributed by atoms with Gasteiger partial charge in [-0.15, -0.1) is 0 Å². The van der Waals surface area contributed by atoms with Crippen LogP contribution < -0.4 is 0 Å². The van der Waals surface area contributed by atoms with Crippen molar-refractivity contribution in [3.8, 4) is 0 Å². The lowest BCUT2D eigenvalue weighted by Gasteiger charge is -2.46. The van der Waals surface area contributed by atoms with Gasteiger partial charge in [0.05, 0.1) is 0 Å². The molecular weight excluding hydrogens is 568 g/mol. The number of methoxy groups -OCH3 is 2. The van der Waals surface area contributed by atoms with E-state index in [-0.39, 0.29) is 12.8 Å². The van der Waals surface area contributed by atoms with Crippen LogP contribution in [0.1, 0.15) is 54.4 Å². The van der Waals surface area contributed by atoms with Gasteiger partial charge < -0.3 is 47.4 Å². The number of carbonyl (C=O) groups is 6. The van der Waals surface area contributed by atoms with E-state index in [4.69, 9.17) is 47.4 Å². The average Bonchev–Trinajstić information content (AvgIpc) is 2.86. The summed E-state index contributed by atoms with van der Waals surface area (Å²) in [6.07, 6.45) is -12.3. The minimum atomic E-state index is -1.32. The molecule has 2 aliphatic heterocycles. The van der Waals surface area contributed by atoms with Crippen LogP contribution in [0.25, 0.3) is 0 Å². The van der Waals surface area contributed by atoms with Gasteiger partial charge in [0.15, 0.2) is 49.2 Å². The van der Waals surface area contributed by atoms with Gasteiger partial charge in [-0.2, -0.15) is 0 Å². The Morgan fingerprint density at radius 1 is 0.429 bits per heavy atom. The molecule has 238 valence electrons. The van der Waals surface area contributed by atoms with Gasteiger partial charge in [-0.25, -0.2) is 0 Å². The lowest BCUT2D eigenvalue weighted by atomic mass is 9.90. The Bertz CT molecular complexity index is 919. The predicted octanol–water partition coefficient (Wildman–Crippen LogP) is 0.0994. The molecule has 10 atom stereocenters. The maximum Gasteiger partial charge on any atom is 0.303 e. The number of ether oxygens (including phenoxy) is 10. The summed E-state index contributed by atoms with van der Waals surface area (Å²) >= 11 is 0. The van der Waals surface area contributed by atoms with Gasteiger partial charge in [-0.05, 0) is 12.8 Å². The van der Waals surface area contributed by atoms with Gasteiger partial charge in [0.25, 0.3) is 0 Å². The fourth-order valence-corrected chi connectivity index (χ4v) is 4.88. The van der Waals surface area contributed by atoms with Crippen molar-refractivity contribution in [2.24, 2.45) is 0 Å². The predicted molar refractivity (Wildman–Crippen MR) is 134 cm³/mol. The first-order valence-electron chi connectivity index (χ1n) is 13.1.